The highest BCUT2D eigenvalue weighted by molar-refractivity contribution is 6.21. The van der Waals surface area contributed by atoms with Crippen LogP contribution < -0.4 is 0 Å². The zero-order chi connectivity index (χ0) is 39.4. The minimum Gasteiger partial charge on any atom is -0.208 e. The van der Waals surface area contributed by atoms with Crippen LogP contribution in [-0.2, 0) is 5.41 Å². The van der Waals surface area contributed by atoms with E-state index in [0.717, 1.165) is 44.9 Å². The Hall–Kier alpha value is -6.71. The molecule has 1 spiro atoms. The van der Waals surface area contributed by atoms with Crippen LogP contribution in [0, 0.1) is 23.7 Å². The summed E-state index contributed by atoms with van der Waals surface area (Å²) < 4.78 is 0. The van der Waals surface area contributed by atoms with Crippen molar-refractivity contribution < 1.29 is 0 Å². The van der Waals surface area contributed by atoms with E-state index in [2.05, 4.69) is 170 Å². The number of nitrogens with zero attached hydrogens (tertiary/aromatic N) is 3. The first kappa shape index (κ1) is 34.2. The molecular formula is C57H43N3. The van der Waals surface area contributed by atoms with Crippen LogP contribution >= 0.6 is 0 Å². The van der Waals surface area contributed by atoms with Crippen LogP contribution in [0.2, 0.25) is 0 Å². The van der Waals surface area contributed by atoms with Gasteiger partial charge >= 0.3 is 0 Å². The van der Waals surface area contributed by atoms with E-state index in [0.29, 0.717) is 29.3 Å². The molecule has 0 N–H and O–H groups in total. The lowest BCUT2D eigenvalue weighted by Crippen LogP contribution is -2.55. The highest BCUT2D eigenvalue weighted by atomic mass is 15.0. The van der Waals surface area contributed by atoms with Crippen LogP contribution in [0.15, 0.2) is 176 Å². The van der Waals surface area contributed by atoms with E-state index in [1.165, 1.54) is 70.7 Å². The summed E-state index contributed by atoms with van der Waals surface area (Å²) in [6.45, 7) is 0. The Balaban J connectivity index is 1.02. The molecule has 0 unspecified atom stereocenters. The minimum absolute atomic E-state index is 0.106. The second-order valence-electron chi connectivity index (χ2n) is 17.9. The van der Waals surface area contributed by atoms with E-state index in [-0.39, 0.29) is 5.41 Å². The van der Waals surface area contributed by atoms with E-state index in [4.69, 9.17) is 15.0 Å². The second-order valence-corrected chi connectivity index (χ2v) is 17.9. The number of rotatable bonds is 5. The van der Waals surface area contributed by atoms with Gasteiger partial charge in [-0.05, 0) is 128 Å². The van der Waals surface area contributed by atoms with Gasteiger partial charge in [0.2, 0.25) is 0 Å². The summed E-state index contributed by atoms with van der Waals surface area (Å²) in [5.41, 5.74) is 14.1. The zero-order valence-electron chi connectivity index (χ0n) is 33.4. The lowest BCUT2D eigenvalue weighted by Gasteiger charge is -2.61. The molecule has 3 heteroatoms. The Morgan fingerprint density at radius 1 is 0.333 bits per heavy atom. The fourth-order valence-corrected chi connectivity index (χ4v) is 12.8. The third-order valence-electron chi connectivity index (χ3n) is 14.9. The third-order valence-corrected chi connectivity index (χ3v) is 14.9. The molecule has 0 saturated heterocycles. The maximum absolute atomic E-state index is 5.35. The minimum atomic E-state index is 0.106. The third kappa shape index (κ3) is 4.99. The Morgan fingerprint density at radius 2 is 0.767 bits per heavy atom. The van der Waals surface area contributed by atoms with Crippen molar-refractivity contribution in [3.63, 3.8) is 0 Å². The van der Waals surface area contributed by atoms with Gasteiger partial charge in [0.25, 0.3) is 0 Å². The highest BCUT2D eigenvalue weighted by Gasteiger charge is 2.61. The van der Waals surface area contributed by atoms with Crippen LogP contribution in [0.25, 0.3) is 89.1 Å². The van der Waals surface area contributed by atoms with Crippen molar-refractivity contribution in [1.82, 2.24) is 15.0 Å². The lowest BCUT2D eigenvalue weighted by atomic mass is 9.43. The second kappa shape index (κ2) is 13.1. The normalized spacial score (nSPS) is 22.1. The molecule has 14 rings (SSSR count). The average molecular weight is 770 g/mol. The molecule has 4 saturated carbocycles. The van der Waals surface area contributed by atoms with Crippen molar-refractivity contribution in [3.05, 3.63) is 187 Å². The predicted octanol–water partition coefficient (Wildman–Crippen LogP) is 14.2. The molecule has 1 heterocycles. The van der Waals surface area contributed by atoms with Crippen LogP contribution in [-0.4, -0.2) is 15.0 Å². The predicted molar refractivity (Wildman–Crippen MR) is 245 cm³/mol. The van der Waals surface area contributed by atoms with Crippen LogP contribution in [0.4, 0.5) is 0 Å². The van der Waals surface area contributed by atoms with Gasteiger partial charge in [-0.2, -0.15) is 0 Å². The molecule has 0 aliphatic heterocycles. The molecule has 0 amide bonds. The summed E-state index contributed by atoms with van der Waals surface area (Å²) in [7, 11) is 0. The number of aromatic nitrogens is 3. The number of hydrogen-bond donors (Lipinski definition) is 0. The highest BCUT2D eigenvalue weighted by Crippen LogP contribution is 2.69. The van der Waals surface area contributed by atoms with E-state index >= 15 is 0 Å². The first-order valence-electron chi connectivity index (χ1n) is 21.9. The maximum atomic E-state index is 5.35. The molecule has 8 aromatic carbocycles. The molecule has 3 nitrogen and oxygen atoms in total. The number of hydrogen-bond acceptors (Lipinski definition) is 3. The van der Waals surface area contributed by atoms with Gasteiger partial charge in [-0.25, -0.2) is 15.0 Å². The first-order valence-corrected chi connectivity index (χ1v) is 21.9. The van der Waals surface area contributed by atoms with E-state index in [9.17, 15) is 0 Å². The van der Waals surface area contributed by atoms with Gasteiger partial charge in [0.15, 0.2) is 17.5 Å². The Morgan fingerprint density at radius 3 is 1.38 bits per heavy atom. The van der Waals surface area contributed by atoms with Crippen molar-refractivity contribution in [2.24, 2.45) is 23.7 Å². The molecular weight excluding hydrogens is 727 g/mol. The molecule has 4 fully saturated rings. The van der Waals surface area contributed by atoms with Gasteiger partial charge in [-0.15, -0.1) is 0 Å². The van der Waals surface area contributed by atoms with E-state index in [1.54, 1.807) is 11.1 Å². The van der Waals surface area contributed by atoms with Crippen molar-refractivity contribution >= 4 is 21.5 Å². The molecule has 0 radical (unpaired) electrons. The number of fused-ring (bicyclic) bond motifs is 5. The largest absolute Gasteiger partial charge is 0.208 e. The van der Waals surface area contributed by atoms with Crippen LogP contribution in [0.5, 0.6) is 0 Å². The van der Waals surface area contributed by atoms with Gasteiger partial charge in [-0.1, -0.05) is 170 Å². The quantitative estimate of drug-likeness (QED) is 0.164. The first-order chi connectivity index (χ1) is 29.7. The summed E-state index contributed by atoms with van der Waals surface area (Å²) in [5.74, 6) is 5.26. The van der Waals surface area contributed by atoms with Gasteiger partial charge in [-0.3, -0.25) is 0 Å². The molecule has 286 valence electrons. The monoisotopic (exact) mass is 769 g/mol. The van der Waals surface area contributed by atoms with Gasteiger partial charge < -0.3 is 0 Å². The molecule has 0 atom stereocenters. The summed E-state index contributed by atoms with van der Waals surface area (Å²) >= 11 is 0. The van der Waals surface area contributed by atoms with Gasteiger partial charge in [0, 0.05) is 22.1 Å². The van der Waals surface area contributed by atoms with E-state index < -0.39 is 0 Å². The Bertz CT molecular complexity index is 3060. The maximum Gasteiger partial charge on any atom is 0.165 e. The van der Waals surface area contributed by atoms with Crippen molar-refractivity contribution in [2.45, 2.75) is 37.5 Å². The molecule has 5 aliphatic carbocycles. The molecule has 5 aliphatic rings. The fourth-order valence-electron chi connectivity index (χ4n) is 12.8. The molecule has 1 aromatic heterocycles. The summed E-state index contributed by atoms with van der Waals surface area (Å²) in [4.78, 5) is 15.8. The zero-order valence-corrected chi connectivity index (χ0v) is 33.4. The van der Waals surface area contributed by atoms with Gasteiger partial charge in [0.1, 0.15) is 0 Å². The fraction of sp³-hybridized carbons (Fsp3) is 0.175. The standard InChI is InChI=1S/C57H43N3/c1-3-13-37(14-4-1)38-23-25-40(26-24-38)55-58-54(39-15-5-2-6-16-39)59-56(60-55)53-48-20-9-7-18-46(48)52(47-19-8-10-21-49(47)53)41-27-28-45-44-17-11-12-22-50(44)57(51(45)34-41)42-30-35-29-36(32-42)33-43(57)31-35/h1-28,34-36,42-43H,29-33H2. The summed E-state index contributed by atoms with van der Waals surface area (Å²) in [6.07, 6.45) is 6.96. The van der Waals surface area contributed by atoms with Crippen LogP contribution in [0.3, 0.4) is 0 Å². The van der Waals surface area contributed by atoms with Crippen molar-refractivity contribution in [2.75, 3.05) is 0 Å². The lowest BCUT2D eigenvalue weighted by molar-refractivity contribution is -0.0399. The Labute approximate surface area is 350 Å². The Kier molecular flexibility index (Phi) is 7.49. The molecule has 60 heavy (non-hydrogen) atoms. The smallest absolute Gasteiger partial charge is 0.165 e. The van der Waals surface area contributed by atoms with Crippen LogP contribution in [0.1, 0.15) is 43.2 Å². The SMILES string of the molecule is c1ccc(-c2ccc(-c3nc(-c4ccccc4)nc(-c4c5ccccc5c(-c5ccc6c(c5)C5(c7ccccc7-6)C6CC7CC(C6)CC5C7)c5ccccc45)n3)cc2)cc1. The summed E-state index contributed by atoms with van der Waals surface area (Å²) in [6, 6.07) is 64.2. The topological polar surface area (TPSA) is 38.7 Å². The van der Waals surface area contributed by atoms with Crippen molar-refractivity contribution in [3.8, 4) is 67.5 Å². The average Bonchev–Trinajstić information content (AvgIpc) is 3.60. The van der Waals surface area contributed by atoms with Crippen molar-refractivity contribution in [1.29, 1.82) is 0 Å². The molecule has 9 aromatic rings. The molecule has 4 bridgehead atoms. The van der Waals surface area contributed by atoms with E-state index in [1.807, 2.05) is 6.07 Å². The summed E-state index contributed by atoms with van der Waals surface area (Å²) in [5, 5.41) is 4.73. The number of benzene rings is 8. The van der Waals surface area contributed by atoms with Gasteiger partial charge in [0.05, 0.1) is 0 Å².